The highest BCUT2D eigenvalue weighted by atomic mass is 35.5. The third-order valence-corrected chi connectivity index (χ3v) is 3.47. The first-order valence-electron chi connectivity index (χ1n) is 5.61. The highest BCUT2D eigenvalue weighted by Gasteiger charge is 2.13. The van der Waals surface area contributed by atoms with E-state index in [2.05, 4.69) is 15.5 Å². The van der Waals surface area contributed by atoms with Crippen LogP contribution in [0.3, 0.4) is 0 Å². The molecule has 1 aromatic carbocycles. The van der Waals surface area contributed by atoms with Gasteiger partial charge >= 0.3 is 0 Å². The van der Waals surface area contributed by atoms with Gasteiger partial charge in [-0.05, 0) is 18.6 Å². The number of anilines is 2. The summed E-state index contributed by atoms with van der Waals surface area (Å²) >= 11 is 11.7. The highest BCUT2D eigenvalue weighted by molar-refractivity contribution is 6.44. The molecule has 0 bridgehead atoms. The van der Waals surface area contributed by atoms with Crippen LogP contribution in [0.2, 0.25) is 10.0 Å². The summed E-state index contributed by atoms with van der Waals surface area (Å²) in [4.78, 5) is 12.1. The average molecular weight is 299 g/mol. The number of carbonyl (C=O) groups excluding carboxylic acids is 1. The summed E-state index contributed by atoms with van der Waals surface area (Å²) in [5.74, 6) is 0.237. The number of nitrogens with zero attached hydrogens (tertiary/aromatic N) is 1. The monoisotopic (exact) mass is 298 g/mol. The quantitative estimate of drug-likeness (QED) is 0.761. The molecule has 0 unspecified atom stereocenters. The molecule has 0 saturated heterocycles. The van der Waals surface area contributed by atoms with Gasteiger partial charge < -0.3 is 11.1 Å². The molecule has 0 radical (unpaired) electrons. The third-order valence-electron chi connectivity index (χ3n) is 2.66. The largest absolute Gasteiger partial charge is 0.397 e. The zero-order valence-electron chi connectivity index (χ0n) is 10.1. The number of nitrogen functional groups attached to an aromatic ring is 1. The number of nitrogens with one attached hydrogen (secondary N) is 2. The summed E-state index contributed by atoms with van der Waals surface area (Å²) < 4.78 is 0. The number of hydrogen-bond donors (Lipinski definition) is 3. The van der Waals surface area contributed by atoms with Gasteiger partial charge in [0.15, 0.2) is 0 Å². The van der Waals surface area contributed by atoms with Crippen molar-refractivity contribution in [2.24, 2.45) is 0 Å². The second-order valence-electron chi connectivity index (χ2n) is 3.94. The van der Waals surface area contributed by atoms with Crippen LogP contribution in [0.1, 0.15) is 22.8 Å². The molecule has 0 atom stereocenters. The maximum Gasteiger partial charge on any atom is 0.256 e. The van der Waals surface area contributed by atoms with Crippen LogP contribution in [-0.2, 0) is 6.42 Å². The molecule has 0 fully saturated rings. The molecule has 0 aliphatic heterocycles. The van der Waals surface area contributed by atoms with Crippen molar-refractivity contribution in [3.8, 4) is 0 Å². The number of rotatable bonds is 3. The van der Waals surface area contributed by atoms with Gasteiger partial charge in [0.25, 0.3) is 5.91 Å². The van der Waals surface area contributed by atoms with Crippen LogP contribution in [0.15, 0.2) is 18.3 Å². The predicted octanol–water partition coefficient (Wildman–Crippen LogP) is 3.11. The van der Waals surface area contributed by atoms with E-state index in [1.807, 2.05) is 6.92 Å². The van der Waals surface area contributed by atoms with Crippen LogP contribution in [-0.4, -0.2) is 16.1 Å². The summed E-state index contributed by atoms with van der Waals surface area (Å²) in [7, 11) is 0. The Morgan fingerprint density at radius 3 is 2.84 bits per heavy atom. The van der Waals surface area contributed by atoms with Crippen molar-refractivity contribution >= 4 is 40.6 Å². The Labute approximate surface area is 120 Å². The highest BCUT2D eigenvalue weighted by Crippen LogP contribution is 2.29. The molecule has 2 rings (SSSR count). The number of amides is 1. The Morgan fingerprint density at radius 1 is 1.47 bits per heavy atom. The lowest BCUT2D eigenvalue weighted by Gasteiger charge is -2.07. The zero-order valence-corrected chi connectivity index (χ0v) is 11.6. The molecule has 0 saturated carbocycles. The number of nitrogens with two attached hydrogens (primary N) is 1. The lowest BCUT2D eigenvalue weighted by molar-refractivity contribution is 0.102. The first-order valence-corrected chi connectivity index (χ1v) is 6.36. The maximum atomic E-state index is 12.1. The van der Waals surface area contributed by atoms with Crippen LogP contribution < -0.4 is 11.1 Å². The number of aryl methyl sites for hydroxylation is 1. The Balaban J connectivity index is 2.26. The minimum atomic E-state index is -0.329. The molecule has 2 aromatic rings. The number of carbonyl (C=O) groups is 1. The molecule has 100 valence electrons. The summed E-state index contributed by atoms with van der Waals surface area (Å²) in [6.07, 6.45) is 2.43. The molecule has 0 aliphatic rings. The Kier molecular flexibility index (Phi) is 3.97. The fourth-order valence-corrected chi connectivity index (χ4v) is 1.95. The average Bonchev–Trinajstić information content (AvgIpc) is 2.82. The lowest BCUT2D eigenvalue weighted by Crippen LogP contribution is -2.13. The van der Waals surface area contributed by atoms with Crippen molar-refractivity contribution in [2.45, 2.75) is 13.3 Å². The minimum absolute atomic E-state index is 0.243. The van der Waals surface area contributed by atoms with Crippen LogP contribution in [0.25, 0.3) is 0 Å². The summed E-state index contributed by atoms with van der Waals surface area (Å²) in [5, 5.41) is 9.81. The van der Waals surface area contributed by atoms with E-state index in [1.165, 1.54) is 12.1 Å². The van der Waals surface area contributed by atoms with E-state index in [-0.39, 0.29) is 21.6 Å². The van der Waals surface area contributed by atoms with E-state index in [4.69, 9.17) is 28.9 Å². The Bertz CT molecular complexity index is 601. The van der Waals surface area contributed by atoms with Crippen LogP contribution in [0.5, 0.6) is 0 Å². The van der Waals surface area contributed by atoms with Gasteiger partial charge in [0, 0.05) is 11.1 Å². The third kappa shape index (κ3) is 2.83. The molecule has 5 nitrogen and oxygen atoms in total. The van der Waals surface area contributed by atoms with Gasteiger partial charge in [-0.1, -0.05) is 30.1 Å². The molecular weight excluding hydrogens is 287 g/mol. The first kappa shape index (κ1) is 13.7. The molecule has 19 heavy (non-hydrogen) atoms. The number of benzene rings is 1. The van der Waals surface area contributed by atoms with Crippen molar-refractivity contribution < 1.29 is 4.79 Å². The van der Waals surface area contributed by atoms with E-state index in [1.54, 1.807) is 6.20 Å². The van der Waals surface area contributed by atoms with Crippen LogP contribution in [0.4, 0.5) is 11.5 Å². The van der Waals surface area contributed by atoms with Gasteiger partial charge in [0.1, 0.15) is 5.82 Å². The van der Waals surface area contributed by atoms with Gasteiger partial charge in [-0.25, -0.2) is 0 Å². The maximum absolute atomic E-state index is 12.1. The molecular formula is C12H12Cl2N4O. The van der Waals surface area contributed by atoms with Crippen molar-refractivity contribution in [3.05, 3.63) is 39.5 Å². The van der Waals surface area contributed by atoms with E-state index < -0.39 is 0 Å². The fourth-order valence-electron chi connectivity index (χ4n) is 1.61. The first-order chi connectivity index (χ1) is 9.02. The van der Waals surface area contributed by atoms with E-state index in [0.717, 1.165) is 12.0 Å². The predicted molar refractivity (Wildman–Crippen MR) is 76.8 cm³/mol. The summed E-state index contributed by atoms with van der Waals surface area (Å²) in [5.41, 5.74) is 7.19. The number of hydrogen-bond acceptors (Lipinski definition) is 3. The lowest BCUT2D eigenvalue weighted by atomic mass is 10.2. The van der Waals surface area contributed by atoms with Crippen molar-refractivity contribution in [1.29, 1.82) is 0 Å². The van der Waals surface area contributed by atoms with Crippen LogP contribution >= 0.6 is 23.2 Å². The van der Waals surface area contributed by atoms with Gasteiger partial charge in [-0.3, -0.25) is 9.89 Å². The molecule has 4 N–H and O–H groups in total. The molecule has 0 aliphatic carbocycles. The van der Waals surface area contributed by atoms with Crippen LogP contribution in [0, 0.1) is 0 Å². The van der Waals surface area contributed by atoms with Crippen molar-refractivity contribution in [1.82, 2.24) is 10.2 Å². The Hall–Kier alpha value is -1.72. The molecule has 7 heteroatoms. The minimum Gasteiger partial charge on any atom is -0.397 e. The van der Waals surface area contributed by atoms with Crippen molar-refractivity contribution in [3.63, 3.8) is 0 Å². The van der Waals surface area contributed by atoms with E-state index in [0.29, 0.717) is 11.4 Å². The normalized spacial score (nSPS) is 10.5. The molecule has 1 amide bonds. The molecule has 1 aromatic heterocycles. The zero-order chi connectivity index (χ0) is 14.0. The Morgan fingerprint density at radius 2 is 2.21 bits per heavy atom. The van der Waals surface area contributed by atoms with Gasteiger partial charge in [0.05, 0.1) is 21.9 Å². The van der Waals surface area contributed by atoms with Gasteiger partial charge in [0.2, 0.25) is 0 Å². The standard InChI is InChI=1S/C12H12Cl2N4O/c1-2-6-5-16-18-11(6)17-12(19)7-3-8(13)10(14)9(15)4-7/h3-5H,2,15H2,1H3,(H2,16,17,18,19). The van der Waals surface area contributed by atoms with E-state index >= 15 is 0 Å². The smallest absolute Gasteiger partial charge is 0.256 e. The molecule has 1 heterocycles. The summed E-state index contributed by atoms with van der Waals surface area (Å²) in [6.45, 7) is 1.97. The number of H-pyrrole nitrogens is 1. The van der Waals surface area contributed by atoms with Gasteiger partial charge in [-0.15, -0.1) is 0 Å². The van der Waals surface area contributed by atoms with Gasteiger partial charge in [-0.2, -0.15) is 5.10 Å². The van der Waals surface area contributed by atoms with Crippen molar-refractivity contribution in [2.75, 3.05) is 11.1 Å². The second-order valence-corrected chi connectivity index (χ2v) is 4.72. The van der Waals surface area contributed by atoms with E-state index in [9.17, 15) is 4.79 Å². The SMILES string of the molecule is CCc1cn[nH]c1NC(=O)c1cc(N)c(Cl)c(Cl)c1. The number of halogens is 2. The number of aromatic nitrogens is 2. The summed E-state index contributed by atoms with van der Waals surface area (Å²) in [6, 6.07) is 2.95. The topological polar surface area (TPSA) is 83.8 Å². The second kappa shape index (κ2) is 5.50. The fraction of sp³-hybridized carbons (Fsp3) is 0.167. The number of aromatic amines is 1. The molecule has 0 spiro atoms.